The molecule has 4 N–H and O–H groups in total. The van der Waals surface area contributed by atoms with Gasteiger partial charge < -0.3 is 21.1 Å². The van der Waals surface area contributed by atoms with Gasteiger partial charge in [-0.05, 0) is 44.9 Å². The van der Waals surface area contributed by atoms with E-state index in [0.717, 1.165) is 18.4 Å². The highest BCUT2D eigenvalue weighted by atomic mass is 16.5. The van der Waals surface area contributed by atoms with E-state index in [0.29, 0.717) is 24.6 Å². The topological polar surface area (TPSA) is 76.4 Å². The van der Waals surface area contributed by atoms with Gasteiger partial charge >= 0.3 is 6.03 Å². The summed E-state index contributed by atoms with van der Waals surface area (Å²) in [6.07, 6.45) is 2.03. The molecule has 0 spiro atoms. The van der Waals surface area contributed by atoms with Crippen LogP contribution in [-0.4, -0.2) is 18.2 Å². The second-order valence-electron chi connectivity index (χ2n) is 6.07. The van der Waals surface area contributed by atoms with Gasteiger partial charge in [0.15, 0.2) is 0 Å². The molecule has 0 aliphatic rings. The summed E-state index contributed by atoms with van der Waals surface area (Å²) < 4.78 is 5.75. The fourth-order valence-corrected chi connectivity index (χ4v) is 1.74. The van der Waals surface area contributed by atoms with Crippen molar-refractivity contribution in [2.45, 2.75) is 52.6 Å². The number of carbonyl (C=O) groups excluding carboxylic acids is 1. The Kier molecular flexibility index (Phi) is 6.49. The first-order valence-electron chi connectivity index (χ1n) is 7.40. The van der Waals surface area contributed by atoms with Crippen LogP contribution in [-0.2, 0) is 6.54 Å². The number of rotatable bonds is 6. The first-order valence-corrected chi connectivity index (χ1v) is 7.40. The molecule has 2 amide bonds. The fraction of sp³-hybridized carbons (Fsp3) is 0.562. The molecule has 0 heterocycles. The van der Waals surface area contributed by atoms with E-state index >= 15 is 0 Å². The third-order valence-electron chi connectivity index (χ3n) is 2.77. The van der Waals surface area contributed by atoms with Crippen molar-refractivity contribution in [1.29, 1.82) is 0 Å². The third-order valence-corrected chi connectivity index (χ3v) is 2.77. The number of anilines is 1. The van der Waals surface area contributed by atoms with E-state index in [1.165, 1.54) is 0 Å². The predicted octanol–water partition coefficient (Wildman–Crippen LogP) is 3.24. The van der Waals surface area contributed by atoms with Gasteiger partial charge in [0.05, 0.1) is 12.3 Å². The summed E-state index contributed by atoms with van der Waals surface area (Å²) in [6, 6.07) is 5.34. The Hall–Kier alpha value is -1.75. The van der Waals surface area contributed by atoms with Gasteiger partial charge in [0.25, 0.3) is 0 Å². The summed E-state index contributed by atoms with van der Waals surface area (Å²) in [5, 5.41) is 5.69. The lowest BCUT2D eigenvalue weighted by molar-refractivity contribution is 0.243. The second kappa shape index (κ2) is 7.88. The molecule has 0 radical (unpaired) electrons. The van der Waals surface area contributed by atoms with Crippen LogP contribution in [0.15, 0.2) is 18.2 Å². The molecule has 0 atom stereocenters. The zero-order valence-electron chi connectivity index (χ0n) is 13.5. The molecule has 1 aromatic carbocycles. The summed E-state index contributed by atoms with van der Waals surface area (Å²) in [5.74, 6) is 0.662. The average molecular weight is 293 g/mol. The van der Waals surface area contributed by atoms with Crippen molar-refractivity contribution < 1.29 is 9.53 Å². The molecular weight excluding hydrogens is 266 g/mol. The van der Waals surface area contributed by atoms with E-state index in [1.54, 1.807) is 0 Å². The standard InChI is InChI=1S/C16H27N3O2/c1-5-6-9-21-14-10-12(11-17)7-8-13(14)18-15(20)19-16(2,3)4/h7-8,10H,5-6,9,11,17H2,1-4H3,(H2,18,19,20). The van der Waals surface area contributed by atoms with Gasteiger partial charge in [0, 0.05) is 12.1 Å². The van der Waals surface area contributed by atoms with Crippen LogP contribution in [0.2, 0.25) is 0 Å². The second-order valence-corrected chi connectivity index (χ2v) is 6.07. The number of nitrogens with two attached hydrogens (primary N) is 1. The smallest absolute Gasteiger partial charge is 0.319 e. The molecule has 0 aromatic heterocycles. The van der Waals surface area contributed by atoms with Crippen LogP contribution in [0.3, 0.4) is 0 Å². The Morgan fingerprint density at radius 2 is 2.05 bits per heavy atom. The van der Waals surface area contributed by atoms with E-state index < -0.39 is 0 Å². The van der Waals surface area contributed by atoms with Crippen molar-refractivity contribution in [3.05, 3.63) is 23.8 Å². The van der Waals surface area contributed by atoms with Crippen molar-refractivity contribution in [1.82, 2.24) is 5.32 Å². The Bertz CT molecular complexity index is 467. The van der Waals surface area contributed by atoms with Crippen molar-refractivity contribution in [3.8, 4) is 5.75 Å². The molecule has 0 unspecified atom stereocenters. The Morgan fingerprint density at radius 1 is 1.33 bits per heavy atom. The molecule has 0 saturated heterocycles. The van der Waals surface area contributed by atoms with Crippen LogP contribution >= 0.6 is 0 Å². The van der Waals surface area contributed by atoms with Crippen molar-refractivity contribution in [2.24, 2.45) is 5.73 Å². The highest BCUT2D eigenvalue weighted by Crippen LogP contribution is 2.26. The van der Waals surface area contributed by atoms with Gasteiger partial charge in [0.2, 0.25) is 0 Å². The summed E-state index contributed by atoms with van der Waals surface area (Å²) in [7, 11) is 0. The summed E-state index contributed by atoms with van der Waals surface area (Å²) >= 11 is 0. The van der Waals surface area contributed by atoms with E-state index in [-0.39, 0.29) is 11.6 Å². The minimum absolute atomic E-state index is 0.247. The third kappa shape index (κ3) is 6.49. The normalized spacial score (nSPS) is 11.1. The first kappa shape index (κ1) is 17.3. The van der Waals surface area contributed by atoms with Crippen LogP contribution in [0.4, 0.5) is 10.5 Å². The first-order chi connectivity index (χ1) is 9.85. The SMILES string of the molecule is CCCCOc1cc(CN)ccc1NC(=O)NC(C)(C)C. The van der Waals surface area contributed by atoms with Gasteiger partial charge in [-0.3, -0.25) is 0 Å². The monoisotopic (exact) mass is 293 g/mol. The summed E-state index contributed by atoms with van der Waals surface area (Å²) in [5.41, 5.74) is 7.00. The Morgan fingerprint density at radius 3 is 2.62 bits per heavy atom. The maximum absolute atomic E-state index is 12.0. The minimum atomic E-state index is -0.287. The lowest BCUT2D eigenvalue weighted by atomic mass is 10.1. The molecule has 5 nitrogen and oxygen atoms in total. The predicted molar refractivity (Wildman–Crippen MR) is 86.6 cm³/mol. The molecule has 0 aliphatic heterocycles. The van der Waals surface area contributed by atoms with Gasteiger partial charge in [-0.15, -0.1) is 0 Å². The van der Waals surface area contributed by atoms with E-state index in [2.05, 4.69) is 17.6 Å². The molecule has 0 fully saturated rings. The summed E-state index contributed by atoms with van der Waals surface area (Å²) in [6.45, 7) is 8.97. The number of ether oxygens (including phenoxy) is 1. The van der Waals surface area contributed by atoms with Crippen molar-refractivity contribution in [3.63, 3.8) is 0 Å². The van der Waals surface area contributed by atoms with E-state index in [9.17, 15) is 4.79 Å². The van der Waals surface area contributed by atoms with E-state index in [1.807, 2.05) is 39.0 Å². The molecule has 118 valence electrons. The van der Waals surface area contributed by atoms with Gasteiger partial charge in [-0.1, -0.05) is 19.4 Å². The lowest BCUT2D eigenvalue weighted by Crippen LogP contribution is -2.43. The largest absolute Gasteiger partial charge is 0.491 e. The molecule has 0 saturated carbocycles. The molecule has 1 rings (SSSR count). The fourth-order valence-electron chi connectivity index (χ4n) is 1.74. The number of hydrogen-bond acceptors (Lipinski definition) is 3. The summed E-state index contributed by atoms with van der Waals surface area (Å²) in [4.78, 5) is 12.0. The molecule has 0 aliphatic carbocycles. The highest BCUT2D eigenvalue weighted by Gasteiger charge is 2.15. The van der Waals surface area contributed by atoms with Crippen LogP contribution in [0.25, 0.3) is 0 Å². The highest BCUT2D eigenvalue weighted by molar-refractivity contribution is 5.91. The number of unbranched alkanes of at least 4 members (excludes halogenated alkanes) is 1. The van der Waals surface area contributed by atoms with E-state index in [4.69, 9.17) is 10.5 Å². The van der Waals surface area contributed by atoms with Crippen LogP contribution < -0.4 is 21.1 Å². The lowest BCUT2D eigenvalue weighted by Gasteiger charge is -2.21. The van der Waals surface area contributed by atoms with Gasteiger partial charge in [-0.2, -0.15) is 0 Å². The zero-order valence-corrected chi connectivity index (χ0v) is 13.5. The maximum Gasteiger partial charge on any atom is 0.319 e. The number of hydrogen-bond donors (Lipinski definition) is 3. The van der Waals surface area contributed by atoms with Crippen LogP contribution in [0.1, 0.15) is 46.1 Å². The molecule has 5 heteroatoms. The van der Waals surface area contributed by atoms with Crippen molar-refractivity contribution >= 4 is 11.7 Å². The Labute approximate surface area is 127 Å². The molecular formula is C16H27N3O2. The minimum Gasteiger partial charge on any atom is -0.491 e. The number of nitrogens with one attached hydrogen (secondary N) is 2. The van der Waals surface area contributed by atoms with Crippen LogP contribution in [0.5, 0.6) is 5.75 Å². The zero-order chi connectivity index (χ0) is 15.9. The molecule has 1 aromatic rings. The molecule has 21 heavy (non-hydrogen) atoms. The number of amides is 2. The van der Waals surface area contributed by atoms with Crippen LogP contribution in [0, 0.1) is 0 Å². The van der Waals surface area contributed by atoms with Crippen molar-refractivity contribution in [2.75, 3.05) is 11.9 Å². The number of urea groups is 1. The quantitative estimate of drug-likeness (QED) is 0.705. The maximum atomic E-state index is 12.0. The van der Waals surface area contributed by atoms with Gasteiger partial charge in [0.1, 0.15) is 5.75 Å². The van der Waals surface area contributed by atoms with Gasteiger partial charge in [-0.25, -0.2) is 4.79 Å². The molecule has 0 bridgehead atoms. The average Bonchev–Trinajstić information content (AvgIpc) is 2.38. The Balaban J connectivity index is 2.81. The number of carbonyl (C=O) groups is 1. The number of benzene rings is 1.